The van der Waals surface area contributed by atoms with Gasteiger partial charge in [0.1, 0.15) is 5.82 Å². The smallest absolute Gasteiger partial charge is 0.390 e. The van der Waals surface area contributed by atoms with Crippen molar-refractivity contribution in [2.75, 3.05) is 0 Å². The van der Waals surface area contributed by atoms with Crippen LogP contribution in [0.25, 0.3) is 0 Å². The van der Waals surface area contributed by atoms with E-state index in [1.54, 1.807) is 12.1 Å². The first-order valence-electron chi connectivity index (χ1n) is 4.43. The summed E-state index contributed by atoms with van der Waals surface area (Å²) >= 11 is 0. The number of aromatic nitrogens is 3. The first kappa shape index (κ1) is 10.2. The maximum atomic E-state index is 12.8. The molecule has 0 N–H and O–H groups in total. The highest BCUT2D eigenvalue weighted by Crippen LogP contribution is 2.06. The van der Waals surface area contributed by atoms with Crippen LogP contribution < -0.4 is 0 Å². The highest BCUT2D eigenvalue weighted by atomic mass is 19.1. The van der Waals surface area contributed by atoms with Crippen LogP contribution in [0.4, 0.5) is 10.3 Å². The van der Waals surface area contributed by atoms with E-state index < -0.39 is 10.9 Å². The molecule has 0 radical (unpaired) electrons. The Labute approximate surface area is 89.5 Å². The van der Waals surface area contributed by atoms with Crippen molar-refractivity contribution in [1.82, 2.24) is 14.8 Å². The molecule has 0 aliphatic heterocycles. The molecule has 0 atom stereocenters. The maximum Gasteiger partial charge on any atom is 0.490 e. The molecule has 0 fully saturated rings. The molecule has 7 heteroatoms. The lowest BCUT2D eigenvalue weighted by Gasteiger charge is -1.97. The molecule has 2 rings (SSSR count). The largest absolute Gasteiger partial charge is 0.490 e. The highest BCUT2D eigenvalue weighted by molar-refractivity contribution is 5.16. The summed E-state index contributed by atoms with van der Waals surface area (Å²) in [7, 11) is 0. The van der Waals surface area contributed by atoms with Gasteiger partial charge in [0.2, 0.25) is 6.33 Å². The molecule has 0 saturated carbocycles. The van der Waals surface area contributed by atoms with Crippen molar-refractivity contribution < 1.29 is 9.31 Å². The Morgan fingerprint density at radius 2 is 2.31 bits per heavy atom. The normalized spacial score (nSPS) is 10.3. The average Bonchev–Trinajstić information content (AvgIpc) is 2.66. The molecule has 1 heterocycles. The van der Waals surface area contributed by atoms with Gasteiger partial charge in [-0.3, -0.25) is 0 Å². The van der Waals surface area contributed by atoms with Crippen LogP contribution >= 0.6 is 0 Å². The molecule has 0 aliphatic rings. The number of nitrogens with zero attached hydrogens (tertiary/aromatic N) is 4. The van der Waals surface area contributed by atoms with Crippen LogP contribution in [0.2, 0.25) is 0 Å². The molecule has 0 unspecified atom stereocenters. The van der Waals surface area contributed by atoms with Crippen LogP contribution in [0.3, 0.4) is 0 Å². The maximum absolute atomic E-state index is 12.8. The molecule has 0 spiro atoms. The number of nitro groups is 1. The summed E-state index contributed by atoms with van der Waals surface area (Å²) < 4.78 is 14.1. The third-order valence-electron chi connectivity index (χ3n) is 1.92. The van der Waals surface area contributed by atoms with E-state index in [0.717, 1.165) is 0 Å². The third-order valence-corrected chi connectivity index (χ3v) is 1.92. The van der Waals surface area contributed by atoms with Crippen molar-refractivity contribution in [2.45, 2.75) is 6.54 Å². The summed E-state index contributed by atoms with van der Waals surface area (Å²) in [5.41, 5.74) is 0.666. The van der Waals surface area contributed by atoms with Crippen LogP contribution in [0.15, 0.2) is 30.6 Å². The number of halogens is 1. The van der Waals surface area contributed by atoms with Crippen LogP contribution in [0, 0.1) is 15.9 Å². The summed E-state index contributed by atoms with van der Waals surface area (Å²) in [6.45, 7) is 0.249. The third kappa shape index (κ3) is 2.19. The fraction of sp³-hybridized carbons (Fsp3) is 0.111. The SMILES string of the molecule is O=[N+]([O-])c1ncn(Cc2cccc(F)c2)n1. The Morgan fingerprint density at radius 3 is 2.94 bits per heavy atom. The summed E-state index contributed by atoms with van der Waals surface area (Å²) in [6, 6.07) is 5.94. The highest BCUT2D eigenvalue weighted by Gasteiger charge is 2.12. The molecular formula is C9H7FN4O2. The minimum absolute atomic E-state index is 0.249. The monoisotopic (exact) mass is 222 g/mol. The summed E-state index contributed by atoms with van der Waals surface area (Å²) in [5, 5.41) is 13.9. The lowest BCUT2D eigenvalue weighted by atomic mass is 10.2. The standard InChI is InChI=1S/C9H7FN4O2/c10-8-3-1-2-7(4-8)5-13-6-11-9(12-13)14(15)16/h1-4,6H,5H2. The number of hydrogen-bond donors (Lipinski definition) is 0. The van der Waals surface area contributed by atoms with Gasteiger partial charge in [0.15, 0.2) is 0 Å². The topological polar surface area (TPSA) is 73.8 Å². The van der Waals surface area contributed by atoms with E-state index in [1.807, 2.05) is 0 Å². The number of rotatable bonds is 3. The molecule has 1 aromatic carbocycles. The van der Waals surface area contributed by atoms with Gasteiger partial charge in [0.25, 0.3) is 0 Å². The van der Waals surface area contributed by atoms with E-state index in [1.165, 1.54) is 23.1 Å². The Kier molecular flexibility index (Phi) is 2.59. The Morgan fingerprint density at radius 1 is 1.50 bits per heavy atom. The van der Waals surface area contributed by atoms with Crippen LogP contribution in [0.1, 0.15) is 5.56 Å². The molecule has 1 aromatic heterocycles. The van der Waals surface area contributed by atoms with Crippen molar-refractivity contribution in [3.8, 4) is 0 Å². The minimum Gasteiger partial charge on any atom is -0.390 e. The van der Waals surface area contributed by atoms with Gasteiger partial charge in [-0.15, -0.1) is 0 Å². The zero-order valence-electron chi connectivity index (χ0n) is 8.08. The quantitative estimate of drug-likeness (QED) is 0.580. The van der Waals surface area contributed by atoms with E-state index in [9.17, 15) is 14.5 Å². The molecule has 0 aliphatic carbocycles. The fourth-order valence-corrected chi connectivity index (χ4v) is 1.27. The van der Waals surface area contributed by atoms with Crippen molar-refractivity contribution in [2.24, 2.45) is 0 Å². The van der Waals surface area contributed by atoms with Gasteiger partial charge in [-0.25, -0.2) is 4.39 Å². The average molecular weight is 222 g/mol. The molecule has 2 aromatic rings. The van der Waals surface area contributed by atoms with E-state index in [2.05, 4.69) is 10.1 Å². The van der Waals surface area contributed by atoms with Crippen LogP contribution in [0.5, 0.6) is 0 Å². The predicted molar refractivity (Wildman–Crippen MR) is 52.2 cm³/mol. The van der Waals surface area contributed by atoms with Gasteiger partial charge in [0, 0.05) is 5.10 Å². The second-order valence-corrected chi connectivity index (χ2v) is 3.13. The predicted octanol–water partition coefficient (Wildman–Crippen LogP) is 1.37. The second kappa shape index (κ2) is 4.05. The first-order chi connectivity index (χ1) is 7.65. The van der Waals surface area contributed by atoms with Crippen LogP contribution in [-0.2, 0) is 6.54 Å². The van der Waals surface area contributed by atoms with E-state index in [-0.39, 0.29) is 12.4 Å². The van der Waals surface area contributed by atoms with Gasteiger partial charge in [-0.05, 0) is 22.6 Å². The van der Waals surface area contributed by atoms with E-state index in [0.29, 0.717) is 5.56 Å². The van der Waals surface area contributed by atoms with Gasteiger partial charge < -0.3 is 10.1 Å². The van der Waals surface area contributed by atoms with Gasteiger partial charge in [-0.2, -0.15) is 4.68 Å². The van der Waals surface area contributed by atoms with Crippen molar-refractivity contribution in [3.05, 3.63) is 52.1 Å². The summed E-state index contributed by atoms with van der Waals surface area (Å²) in [6.07, 6.45) is 1.24. The first-order valence-corrected chi connectivity index (χ1v) is 4.43. The Hall–Kier alpha value is -2.31. The summed E-state index contributed by atoms with van der Waals surface area (Å²) in [5.74, 6) is -0.816. The molecule has 82 valence electrons. The second-order valence-electron chi connectivity index (χ2n) is 3.13. The van der Waals surface area contributed by atoms with Crippen molar-refractivity contribution in [3.63, 3.8) is 0 Å². The zero-order chi connectivity index (χ0) is 11.5. The minimum atomic E-state index is -0.678. The van der Waals surface area contributed by atoms with Crippen molar-refractivity contribution >= 4 is 5.95 Å². The number of hydrogen-bond acceptors (Lipinski definition) is 4. The Balaban J connectivity index is 2.17. The molecule has 6 nitrogen and oxygen atoms in total. The van der Waals surface area contributed by atoms with Crippen molar-refractivity contribution in [1.29, 1.82) is 0 Å². The Bertz CT molecular complexity index is 526. The molecule has 0 bridgehead atoms. The molecule has 0 amide bonds. The van der Waals surface area contributed by atoms with Gasteiger partial charge in [-0.1, -0.05) is 17.1 Å². The number of benzene rings is 1. The molecule has 16 heavy (non-hydrogen) atoms. The van der Waals surface area contributed by atoms with Gasteiger partial charge in [0.05, 0.1) is 6.54 Å². The van der Waals surface area contributed by atoms with E-state index in [4.69, 9.17) is 0 Å². The van der Waals surface area contributed by atoms with Crippen LogP contribution in [-0.4, -0.2) is 19.7 Å². The molecular weight excluding hydrogens is 215 g/mol. The van der Waals surface area contributed by atoms with Gasteiger partial charge >= 0.3 is 5.95 Å². The zero-order valence-corrected chi connectivity index (χ0v) is 8.08. The molecule has 0 saturated heterocycles. The van der Waals surface area contributed by atoms with E-state index >= 15 is 0 Å². The lowest BCUT2D eigenvalue weighted by Crippen LogP contribution is -2.01. The lowest BCUT2D eigenvalue weighted by molar-refractivity contribution is -0.394. The fourth-order valence-electron chi connectivity index (χ4n) is 1.27. The summed E-state index contributed by atoms with van der Waals surface area (Å²) in [4.78, 5) is 13.1.